The number of anilines is 1. The number of aliphatic hydroxyl groups is 1. The van der Waals surface area contributed by atoms with E-state index in [0.717, 1.165) is 29.1 Å². The van der Waals surface area contributed by atoms with Crippen molar-refractivity contribution in [1.82, 2.24) is 24.8 Å². The number of nitrogens with one attached hydrogen (secondary N) is 2. The van der Waals surface area contributed by atoms with E-state index in [9.17, 15) is 9.90 Å². The summed E-state index contributed by atoms with van der Waals surface area (Å²) in [7, 11) is 0. The molecule has 1 aromatic carbocycles. The largest absolute Gasteiger partial charge is 0.395 e. The molecule has 0 spiro atoms. The average molecular weight is 366 g/mol. The fraction of sp³-hybridized carbons (Fsp3) is 0.316. The van der Waals surface area contributed by atoms with Gasteiger partial charge in [0.15, 0.2) is 5.65 Å². The number of fused-ring (bicyclic) bond motifs is 4. The Labute approximate surface area is 156 Å². The van der Waals surface area contributed by atoms with Gasteiger partial charge in [-0.2, -0.15) is 5.10 Å². The Morgan fingerprint density at radius 1 is 1.15 bits per heavy atom. The highest BCUT2D eigenvalue weighted by atomic mass is 16.3. The van der Waals surface area contributed by atoms with E-state index >= 15 is 0 Å². The first kappa shape index (κ1) is 17.4. The highest BCUT2D eigenvalue weighted by molar-refractivity contribution is 5.96. The van der Waals surface area contributed by atoms with Gasteiger partial charge in [-0.15, -0.1) is 0 Å². The van der Waals surface area contributed by atoms with Crippen LogP contribution < -0.4 is 10.6 Å². The number of aliphatic hydroxyl groups excluding tert-OH is 1. The van der Waals surface area contributed by atoms with E-state index in [1.54, 1.807) is 21.7 Å². The quantitative estimate of drug-likeness (QED) is 0.622. The summed E-state index contributed by atoms with van der Waals surface area (Å²) in [5, 5.41) is 20.3. The van der Waals surface area contributed by atoms with E-state index in [-0.39, 0.29) is 12.5 Å². The third-order valence-electron chi connectivity index (χ3n) is 4.61. The maximum absolute atomic E-state index is 12.9. The van der Waals surface area contributed by atoms with E-state index < -0.39 is 0 Å². The fourth-order valence-corrected chi connectivity index (χ4v) is 3.23. The minimum Gasteiger partial charge on any atom is -0.395 e. The van der Waals surface area contributed by atoms with Gasteiger partial charge in [0.05, 0.1) is 12.8 Å². The van der Waals surface area contributed by atoms with Crippen molar-refractivity contribution in [2.24, 2.45) is 0 Å². The molecule has 1 aliphatic heterocycles. The van der Waals surface area contributed by atoms with Crippen molar-refractivity contribution in [3.63, 3.8) is 0 Å². The lowest BCUT2D eigenvalue weighted by Gasteiger charge is -2.22. The molecule has 0 radical (unpaired) electrons. The number of amides is 1. The van der Waals surface area contributed by atoms with Crippen LogP contribution in [0.2, 0.25) is 0 Å². The normalized spacial score (nSPS) is 15.4. The van der Waals surface area contributed by atoms with Crippen molar-refractivity contribution in [1.29, 1.82) is 0 Å². The first-order valence-corrected chi connectivity index (χ1v) is 9.06. The van der Waals surface area contributed by atoms with E-state index in [0.29, 0.717) is 31.7 Å². The zero-order valence-electron chi connectivity index (χ0n) is 14.9. The van der Waals surface area contributed by atoms with Crippen LogP contribution in [-0.4, -0.2) is 69.8 Å². The molecule has 3 aromatic rings. The van der Waals surface area contributed by atoms with Gasteiger partial charge in [-0.05, 0) is 23.8 Å². The smallest absolute Gasteiger partial charge is 0.253 e. The number of carbonyl (C=O) groups is 1. The monoisotopic (exact) mass is 366 g/mol. The predicted octanol–water partition coefficient (Wildman–Crippen LogP) is 0.846. The summed E-state index contributed by atoms with van der Waals surface area (Å²) in [4.78, 5) is 19.3. The molecule has 4 bridgehead atoms. The van der Waals surface area contributed by atoms with Crippen molar-refractivity contribution in [2.45, 2.75) is 0 Å². The van der Waals surface area contributed by atoms with Crippen LogP contribution in [0.4, 0.5) is 5.82 Å². The number of hydrogen-bond donors (Lipinski definition) is 3. The molecule has 1 amide bonds. The third kappa shape index (κ3) is 3.62. The summed E-state index contributed by atoms with van der Waals surface area (Å²) in [6, 6.07) is 9.37. The van der Waals surface area contributed by atoms with Crippen LogP contribution in [0.5, 0.6) is 0 Å². The lowest BCUT2D eigenvalue weighted by molar-refractivity contribution is 0.0723. The molecule has 140 valence electrons. The second-order valence-electron chi connectivity index (χ2n) is 6.41. The van der Waals surface area contributed by atoms with Crippen LogP contribution in [0.25, 0.3) is 16.8 Å². The van der Waals surface area contributed by atoms with E-state index in [1.807, 2.05) is 30.5 Å². The predicted molar refractivity (Wildman–Crippen MR) is 103 cm³/mol. The van der Waals surface area contributed by atoms with Gasteiger partial charge < -0.3 is 20.6 Å². The maximum atomic E-state index is 12.9. The van der Waals surface area contributed by atoms with Gasteiger partial charge in [0.2, 0.25) is 0 Å². The molecule has 2 aromatic heterocycles. The number of nitrogens with zero attached hydrogens (tertiary/aromatic N) is 4. The van der Waals surface area contributed by atoms with Crippen molar-refractivity contribution >= 4 is 17.4 Å². The van der Waals surface area contributed by atoms with Crippen LogP contribution in [0, 0.1) is 0 Å². The van der Waals surface area contributed by atoms with Gasteiger partial charge in [0.1, 0.15) is 5.82 Å². The number of carbonyl (C=O) groups excluding carboxylic acids is 1. The Bertz CT molecular complexity index is 954. The Morgan fingerprint density at radius 2 is 2.04 bits per heavy atom. The lowest BCUT2D eigenvalue weighted by atomic mass is 10.0. The van der Waals surface area contributed by atoms with E-state index in [1.165, 1.54) is 0 Å². The molecule has 3 heterocycles. The summed E-state index contributed by atoms with van der Waals surface area (Å²) >= 11 is 0. The highest BCUT2D eigenvalue weighted by Crippen LogP contribution is 2.25. The minimum atomic E-state index is -0.0918. The maximum Gasteiger partial charge on any atom is 0.253 e. The second-order valence-corrected chi connectivity index (χ2v) is 6.41. The molecule has 1 aliphatic rings. The standard InChI is InChI=1S/C19H22N6O2/c26-11-10-24-9-7-20-5-6-21-17-4-8-25-18(23-17)16(13-22-25)14-2-1-3-15(12-14)19(24)27/h1-4,8,12-13,20,26H,5-7,9-11H2,(H,21,23). The average Bonchev–Trinajstić information content (AvgIpc) is 3.12. The van der Waals surface area contributed by atoms with Crippen molar-refractivity contribution in [2.75, 3.05) is 44.6 Å². The number of benzene rings is 1. The van der Waals surface area contributed by atoms with Gasteiger partial charge in [-0.3, -0.25) is 4.79 Å². The second kappa shape index (κ2) is 7.73. The molecular weight excluding hydrogens is 344 g/mol. The number of hydrogen-bond acceptors (Lipinski definition) is 6. The Balaban J connectivity index is 1.79. The summed E-state index contributed by atoms with van der Waals surface area (Å²) in [5.74, 6) is 0.695. The van der Waals surface area contributed by atoms with Gasteiger partial charge >= 0.3 is 0 Å². The molecule has 0 saturated carbocycles. The third-order valence-corrected chi connectivity index (χ3v) is 4.61. The van der Waals surface area contributed by atoms with Crippen molar-refractivity contribution < 1.29 is 9.90 Å². The lowest BCUT2D eigenvalue weighted by Crippen LogP contribution is -2.39. The fourth-order valence-electron chi connectivity index (χ4n) is 3.23. The topological polar surface area (TPSA) is 94.8 Å². The molecular formula is C19H22N6O2. The van der Waals surface area contributed by atoms with Crippen LogP contribution in [0.1, 0.15) is 10.4 Å². The molecule has 0 fully saturated rings. The minimum absolute atomic E-state index is 0.0627. The molecule has 0 unspecified atom stereocenters. The Kier molecular flexibility index (Phi) is 4.99. The SMILES string of the molecule is O=C1c2cccc(c2)-c2cnn3ccc(nc23)NCCNCCN1CCO. The van der Waals surface area contributed by atoms with Gasteiger partial charge in [-0.1, -0.05) is 12.1 Å². The highest BCUT2D eigenvalue weighted by Gasteiger charge is 2.17. The first-order chi connectivity index (χ1) is 13.3. The van der Waals surface area contributed by atoms with Crippen LogP contribution in [-0.2, 0) is 0 Å². The van der Waals surface area contributed by atoms with Crippen LogP contribution >= 0.6 is 0 Å². The summed E-state index contributed by atoms with van der Waals surface area (Å²) in [5.41, 5.74) is 3.08. The van der Waals surface area contributed by atoms with Gasteiger partial charge in [0.25, 0.3) is 5.91 Å². The molecule has 27 heavy (non-hydrogen) atoms. The summed E-state index contributed by atoms with van der Waals surface area (Å²) < 4.78 is 1.73. The molecule has 0 atom stereocenters. The molecule has 3 N–H and O–H groups in total. The van der Waals surface area contributed by atoms with E-state index in [4.69, 9.17) is 0 Å². The van der Waals surface area contributed by atoms with Crippen LogP contribution in [0.3, 0.4) is 0 Å². The first-order valence-electron chi connectivity index (χ1n) is 9.06. The Morgan fingerprint density at radius 3 is 2.93 bits per heavy atom. The summed E-state index contributed by atoms with van der Waals surface area (Å²) in [6.07, 6.45) is 3.64. The van der Waals surface area contributed by atoms with Crippen molar-refractivity contribution in [3.05, 3.63) is 48.3 Å². The molecule has 8 nitrogen and oxygen atoms in total. The Hall–Kier alpha value is -2.97. The molecule has 0 saturated heterocycles. The van der Waals surface area contributed by atoms with Gasteiger partial charge in [0, 0.05) is 50.0 Å². The van der Waals surface area contributed by atoms with Crippen LogP contribution in [0.15, 0.2) is 42.7 Å². The zero-order chi connectivity index (χ0) is 18.6. The van der Waals surface area contributed by atoms with Crippen molar-refractivity contribution in [3.8, 4) is 11.1 Å². The van der Waals surface area contributed by atoms with Gasteiger partial charge in [-0.25, -0.2) is 9.50 Å². The molecule has 4 rings (SSSR count). The number of aromatic nitrogens is 3. The number of β-amino-alcohol motifs (C(OH)–C–C–N with tert-alkyl or cyclic N) is 1. The molecule has 8 heteroatoms. The van der Waals surface area contributed by atoms with E-state index in [2.05, 4.69) is 20.7 Å². The number of rotatable bonds is 2. The summed E-state index contributed by atoms with van der Waals surface area (Å²) in [6.45, 7) is 2.90. The molecule has 0 aliphatic carbocycles. The zero-order valence-corrected chi connectivity index (χ0v) is 14.9.